The lowest BCUT2D eigenvalue weighted by atomic mass is 10.0. The van der Waals surface area contributed by atoms with Gasteiger partial charge in [0.1, 0.15) is 5.75 Å². The third-order valence-corrected chi connectivity index (χ3v) is 5.44. The lowest BCUT2D eigenvalue weighted by Crippen LogP contribution is -2.14. The molecule has 5 heteroatoms. The molecule has 0 atom stereocenters. The second-order valence-corrected chi connectivity index (χ2v) is 7.46. The fraction of sp³-hybridized carbons (Fsp3) is 0.364. The smallest absolute Gasteiger partial charge is 0.119 e. The minimum Gasteiger partial charge on any atom is -0.497 e. The summed E-state index contributed by atoms with van der Waals surface area (Å²) in [5.74, 6) is 1.69. The van der Waals surface area contributed by atoms with Crippen molar-refractivity contribution in [2.45, 2.75) is 25.7 Å². The van der Waals surface area contributed by atoms with Gasteiger partial charge in [-0.25, -0.2) is 4.99 Å². The standard InChI is InChI=1S/C22H29N3OS/c1-7-25(5)15-24-21-12-16(2)20(11-17(21)3)22(23-4)14-27-19-10-8-9-18(13-19)26-6/h8-13,15H,7,14H2,1-6H3/b23-22+,24-15+. The largest absolute Gasteiger partial charge is 0.497 e. The maximum absolute atomic E-state index is 5.31. The molecule has 2 aromatic rings. The van der Waals surface area contributed by atoms with Crippen molar-refractivity contribution in [1.82, 2.24) is 4.90 Å². The average molecular weight is 384 g/mol. The quantitative estimate of drug-likeness (QED) is 0.360. The predicted molar refractivity (Wildman–Crippen MR) is 119 cm³/mol. The second-order valence-electron chi connectivity index (χ2n) is 6.41. The maximum Gasteiger partial charge on any atom is 0.119 e. The van der Waals surface area contributed by atoms with Crippen LogP contribution in [-0.4, -0.2) is 50.5 Å². The lowest BCUT2D eigenvalue weighted by Gasteiger charge is -2.13. The molecular weight excluding hydrogens is 354 g/mol. The summed E-state index contributed by atoms with van der Waals surface area (Å²) in [4.78, 5) is 12.4. The van der Waals surface area contributed by atoms with Gasteiger partial charge in [-0.15, -0.1) is 11.8 Å². The second kappa shape index (κ2) is 10.2. The summed E-state index contributed by atoms with van der Waals surface area (Å²) >= 11 is 1.77. The van der Waals surface area contributed by atoms with Crippen LogP contribution in [0.4, 0.5) is 5.69 Å². The van der Waals surface area contributed by atoms with E-state index in [0.29, 0.717) is 0 Å². The number of aliphatic imine (C=N–C) groups is 2. The Morgan fingerprint density at radius 1 is 1.19 bits per heavy atom. The summed E-state index contributed by atoms with van der Waals surface area (Å²) in [6.07, 6.45) is 1.88. The summed E-state index contributed by atoms with van der Waals surface area (Å²) in [5.41, 5.74) is 5.63. The lowest BCUT2D eigenvalue weighted by molar-refractivity contribution is 0.413. The van der Waals surface area contributed by atoms with Crippen LogP contribution in [0, 0.1) is 13.8 Å². The molecule has 0 aliphatic rings. The van der Waals surface area contributed by atoms with E-state index in [1.807, 2.05) is 32.6 Å². The van der Waals surface area contributed by atoms with Gasteiger partial charge in [0.2, 0.25) is 0 Å². The Hall–Kier alpha value is -2.27. The maximum atomic E-state index is 5.31. The number of thioether (sulfide) groups is 1. The van der Waals surface area contributed by atoms with Gasteiger partial charge in [-0.1, -0.05) is 6.07 Å². The topological polar surface area (TPSA) is 37.2 Å². The van der Waals surface area contributed by atoms with E-state index in [2.05, 4.69) is 59.9 Å². The number of rotatable bonds is 8. The first-order valence-corrected chi connectivity index (χ1v) is 10.1. The van der Waals surface area contributed by atoms with Gasteiger partial charge in [0.15, 0.2) is 0 Å². The number of methoxy groups -OCH3 is 1. The molecule has 0 saturated carbocycles. The van der Waals surface area contributed by atoms with E-state index in [0.717, 1.165) is 35.0 Å². The van der Waals surface area contributed by atoms with Crippen molar-refractivity contribution in [3.05, 3.63) is 53.1 Å². The van der Waals surface area contributed by atoms with Crippen LogP contribution in [0.15, 0.2) is 51.3 Å². The fourth-order valence-corrected chi connectivity index (χ4v) is 3.56. The number of aryl methyl sites for hydroxylation is 2. The van der Waals surface area contributed by atoms with Gasteiger partial charge < -0.3 is 9.64 Å². The summed E-state index contributed by atoms with van der Waals surface area (Å²) in [6, 6.07) is 12.5. The first-order valence-electron chi connectivity index (χ1n) is 9.07. The molecule has 144 valence electrons. The van der Waals surface area contributed by atoms with Crippen molar-refractivity contribution >= 4 is 29.5 Å². The van der Waals surface area contributed by atoms with Crippen LogP contribution in [0.2, 0.25) is 0 Å². The summed E-state index contributed by atoms with van der Waals surface area (Å²) in [5, 5.41) is 0. The zero-order valence-corrected chi connectivity index (χ0v) is 17.9. The molecular formula is C22H29N3OS. The molecule has 2 rings (SSSR count). The van der Waals surface area contributed by atoms with E-state index in [-0.39, 0.29) is 0 Å². The van der Waals surface area contributed by atoms with Crippen molar-refractivity contribution < 1.29 is 4.74 Å². The normalized spacial score (nSPS) is 11.9. The molecule has 0 heterocycles. The number of benzene rings is 2. The molecule has 0 saturated heterocycles. The van der Waals surface area contributed by atoms with Crippen LogP contribution in [0.5, 0.6) is 5.75 Å². The highest BCUT2D eigenvalue weighted by atomic mass is 32.2. The number of ether oxygens (including phenoxy) is 1. The molecule has 27 heavy (non-hydrogen) atoms. The van der Waals surface area contributed by atoms with Crippen LogP contribution >= 0.6 is 11.8 Å². The molecule has 0 spiro atoms. The Kier molecular flexibility index (Phi) is 7.92. The van der Waals surface area contributed by atoms with Gasteiger partial charge >= 0.3 is 0 Å². The van der Waals surface area contributed by atoms with Gasteiger partial charge in [-0.05, 0) is 67.8 Å². The molecule has 0 N–H and O–H groups in total. The minimum absolute atomic E-state index is 0.811. The Balaban J connectivity index is 2.19. The van der Waals surface area contributed by atoms with E-state index < -0.39 is 0 Å². The minimum atomic E-state index is 0.811. The van der Waals surface area contributed by atoms with Crippen LogP contribution in [0.25, 0.3) is 0 Å². The molecule has 0 fully saturated rings. The number of nitrogens with zero attached hydrogens (tertiary/aromatic N) is 3. The molecule has 0 unspecified atom stereocenters. The third kappa shape index (κ3) is 5.86. The van der Waals surface area contributed by atoms with Crippen molar-refractivity contribution in [2.75, 3.05) is 33.5 Å². The zero-order chi connectivity index (χ0) is 19.8. The van der Waals surface area contributed by atoms with Gasteiger partial charge in [0, 0.05) is 31.3 Å². The highest BCUT2D eigenvalue weighted by Crippen LogP contribution is 2.27. The highest BCUT2D eigenvalue weighted by molar-refractivity contribution is 8.00. The summed E-state index contributed by atoms with van der Waals surface area (Å²) in [7, 11) is 5.58. The molecule has 0 aliphatic carbocycles. The Bertz CT molecular complexity index is 830. The number of hydrogen-bond acceptors (Lipinski definition) is 4. The van der Waals surface area contributed by atoms with Crippen LogP contribution in [0.1, 0.15) is 23.6 Å². The molecule has 0 radical (unpaired) electrons. The van der Waals surface area contributed by atoms with Gasteiger partial charge in [0.05, 0.1) is 24.8 Å². The fourth-order valence-electron chi connectivity index (χ4n) is 2.60. The van der Waals surface area contributed by atoms with E-state index in [1.165, 1.54) is 16.0 Å². The first-order chi connectivity index (χ1) is 13.0. The van der Waals surface area contributed by atoms with E-state index >= 15 is 0 Å². The average Bonchev–Trinajstić information content (AvgIpc) is 2.69. The molecule has 4 nitrogen and oxygen atoms in total. The Labute approximate surface area is 167 Å². The van der Waals surface area contributed by atoms with Crippen molar-refractivity contribution in [2.24, 2.45) is 9.98 Å². The molecule has 0 aromatic heterocycles. The molecule has 0 amide bonds. The van der Waals surface area contributed by atoms with Gasteiger partial charge in [-0.3, -0.25) is 4.99 Å². The van der Waals surface area contributed by atoms with Gasteiger partial charge in [-0.2, -0.15) is 0 Å². The zero-order valence-electron chi connectivity index (χ0n) is 17.1. The SMILES string of the molecule is CCN(C)/C=N/c1cc(C)c(/C(CSc2cccc(OC)c2)=N/C)cc1C. The van der Waals surface area contributed by atoms with Crippen molar-refractivity contribution in [3.8, 4) is 5.75 Å². The Morgan fingerprint density at radius 3 is 2.63 bits per heavy atom. The van der Waals surface area contributed by atoms with E-state index in [9.17, 15) is 0 Å². The van der Waals surface area contributed by atoms with Gasteiger partial charge in [0.25, 0.3) is 0 Å². The first kappa shape index (κ1) is 21.0. The van der Waals surface area contributed by atoms with Crippen LogP contribution in [0.3, 0.4) is 0 Å². The molecule has 0 bridgehead atoms. The van der Waals surface area contributed by atoms with Crippen molar-refractivity contribution in [3.63, 3.8) is 0 Å². The highest BCUT2D eigenvalue weighted by Gasteiger charge is 2.11. The Morgan fingerprint density at radius 2 is 1.96 bits per heavy atom. The number of hydrogen-bond donors (Lipinski definition) is 0. The predicted octanol–water partition coefficient (Wildman–Crippen LogP) is 5.13. The molecule has 2 aromatic carbocycles. The van der Waals surface area contributed by atoms with Crippen LogP contribution in [-0.2, 0) is 0 Å². The van der Waals surface area contributed by atoms with E-state index in [4.69, 9.17) is 4.74 Å². The summed E-state index contributed by atoms with van der Waals surface area (Å²) < 4.78 is 5.31. The molecule has 0 aliphatic heterocycles. The third-order valence-electron chi connectivity index (χ3n) is 4.43. The summed E-state index contributed by atoms with van der Waals surface area (Å²) in [6.45, 7) is 7.27. The van der Waals surface area contributed by atoms with E-state index in [1.54, 1.807) is 18.9 Å². The van der Waals surface area contributed by atoms with Crippen molar-refractivity contribution in [1.29, 1.82) is 0 Å². The van der Waals surface area contributed by atoms with Crippen LogP contribution < -0.4 is 4.74 Å². The monoisotopic (exact) mass is 383 g/mol.